The van der Waals surface area contributed by atoms with E-state index in [9.17, 15) is 42.7 Å². The standard InChI is InChI=1S/C28H32O10S/c1-26-10-8-16(29)12-15(26)6-7-17-19-9-11-28(34,27(19,2)13-20(30)23(17)26)22(31)14-38-25(33)18-4-3-5-21(24(18)32)39(35,36)37/h3-5,8,10,12,17,19-20,23,30,32,34H,6-7,9,11,13-14H2,1-2H3,(H,35,36,37)/t17-,19-,20-,23+,26-,27-,28-/m0/s1. The highest BCUT2D eigenvalue weighted by molar-refractivity contribution is 7.86. The Hall–Kier alpha value is -2.86. The van der Waals surface area contributed by atoms with Crippen LogP contribution in [0.2, 0.25) is 0 Å². The van der Waals surface area contributed by atoms with Crippen molar-refractivity contribution >= 4 is 27.7 Å². The number of allylic oxidation sites excluding steroid dienone is 4. The predicted molar refractivity (Wildman–Crippen MR) is 136 cm³/mol. The molecule has 0 unspecified atom stereocenters. The van der Waals surface area contributed by atoms with Gasteiger partial charge in [0.25, 0.3) is 10.1 Å². The van der Waals surface area contributed by atoms with Gasteiger partial charge >= 0.3 is 5.97 Å². The molecule has 0 radical (unpaired) electrons. The van der Waals surface area contributed by atoms with Gasteiger partial charge < -0.3 is 20.1 Å². The monoisotopic (exact) mass is 560 g/mol. The van der Waals surface area contributed by atoms with Crippen molar-refractivity contribution in [1.82, 2.24) is 0 Å². The first-order valence-corrected chi connectivity index (χ1v) is 14.4. The zero-order valence-electron chi connectivity index (χ0n) is 21.7. The van der Waals surface area contributed by atoms with E-state index in [1.165, 1.54) is 0 Å². The highest BCUT2D eigenvalue weighted by atomic mass is 32.2. The average Bonchev–Trinajstić information content (AvgIpc) is 3.13. The van der Waals surface area contributed by atoms with Crippen LogP contribution in [0.4, 0.5) is 0 Å². The van der Waals surface area contributed by atoms with Gasteiger partial charge in [-0.1, -0.05) is 31.6 Å². The summed E-state index contributed by atoms with van der Waals surface area (Å²) in [5, 5.41) is 33.3. The number of fused-ring (bicyclic) bond motifs is 5. The highest BCUT2D eigenvalue weighted by Crippen LogP contribution is 2.67. The lowest BCUT2D eigenvalue weighted by Crippen LogP contribution is -2.61. The summed E-state index contributed by atoms with van der Waals surface area (Å²) in [5.41, 5.74) is -2.92. The SMILES string of the molecule is C[C@]12C=CC(=O)C=C1CC[C@@H]1[C@@H]2[C@@H](O)C[C@@]2(C)[C@H]1CC[C@]2(O)C(=O)COC(=O)c1cccc(S(=O)(=O)O)c1O. The van der Waals surface area contributed by atoms with Crippen molar-refractivity contribution in [2.75, 3.05) is 6.61 Å². The van der Waals surface area contributed by atoms with Crippen LogP contribution in [0.25, 0.3) is 0 Å². The fourth-order valence-corrected chi connectivity index (χ4v) is 8.62. The molecule has 0 heterocycles. The molecule has 0 aromatic heterocycles. The molecule has 0 spiro atoms. The molecule has 3 fully saturated rings. The zero-order valence-corrected chi connectivity index (χ0v) is 22.5. The second-order valence-electron chi connectivity index (χ2n) is 11.7. The first kappa shape index (κ1) is 27.7. The molecule has 210 valence electrons. The molecule has 4 aliphatic carbocycles. The van der Waals surface area contributed by atoms with Crippen molar-refractivity contribution in [1.29, 1.82) is 0 Å². The quantitative estimate of drug-likeness (QED) is 0.309. The Morgan fingerprint density at radius 3 is 2.59 bits per heavy atom. The van der Waals surface area contributed by atoms with Gasteiger partial charge in [0.15, 0.2) is 18.1 Å². The van der Waals surface area contributed by atoms with Crippen LogP contribution >= 0.6 is 0 Å². The fourth-order valence-electron chi connectivity index (χ4n) is 8.01. The third-order valence-electron chi connectivity index (χ3n) is 9.94. The molecule has 0 bridgehead atoms. The molecule has 11 heteroatoms. The number of rotatable bonds is 5. The van der Waals surface area contributed by atoms with Crippen LogP contribution < -0.4 is 0 Å². The summed E-state index contributed by atoms with van der Waals surface area (Å²) >= 11 is 0. The minimum Gasteiger partial charge on any atom is -0.506 e. The first-order valence-electron chi connectivity index (χ1n) is 13.0. The second-order valence-corrected chi connectivity index (χ2v) is 13.1. The number of Topliss-reactive ketones (excluding diaryl/α,β-unsaturated/α-hetero) is 1. The van der Waals surface area contributed by atoms with Gasteiger partial charge in [0.2, 0.25) is 5.78 Å². The number of phenols is 1. The van der Waals surface area contributed by atoms with Crippen LogP contribution in [0.3, 0.4) is 0 Å². The van der Waals surface area contributed by atoms with Crippen molar-refractivity contribution < 1.29 is 47.4 Å². The first-order chi connectivity index (χ1) is 18.1. The number of benzene rings is 1. The van der Waals surface area contributed by atoms with Gasteiger partial charge in [-0.25, -0.2) is 4.79 Å². The normalized spacial score (nSPS) is 37.4. The molecule has 1 aromatic rings. The molecule has 7 atom stereocenters. The Bertz CT molecular complexity index is 1430. The van der Waals surface area contributed by atoms with Crippen LogP contribution in [0, 0.1) is 28.6 Å². The minimum atomic E-state index is -4.81. The van der Waals surface area contributed by atoms with Crippen LogP contribution in [0.1, 0.15) is 56.3 Å². The van der Waals surface area contributed by atoms with Crippen molar-refractivity contribution in [2.24, 2.45) is 28.6 Å². The summed E-state index contributed by atoms with van der Waals surface area (Å²) in [6.07, 6.45) is 6.44. The fraction of sp³-hybridized carbons (Fsp3) is 0.536. The van der Waals surface area contributed by atoms with E-state index >= 15 is 0 Å². The largest absolute Gasteiger partial charge is 0.506 e. The lowest BCUT2D eigenvalue weighted by molar-refractivity contribution is -0.178. The van der Waals surface area contributed by atoms with Gasteiger partial charge in [-0.15, -0.1) is 0 Å². The molecular formula is C28H32O10S. The molecule has 10 nitrogen and oxygen atoms in total. The van der Waals surface area contributed by atoms with Crippen LogP contribution in [0.5, 0.6) is 5.75 Å². The number of aliphatic hydroxyl groups excluding tert-OH is 1. The smallest absolute Gasteiger partial charge is 0.342 e. The molecule has 0 aliphatic heterocycles. The summed E-state index contributed by atoms with van der Waals surface area (Å²) in [5.74, 6) is -3.28. The van der Waals surface area contributed by atoms with Crippen molar-refractivity contribution in [2.45, 2.75) is 62.6 Å². The van der Waals surface area contributed by atoms with E-state index in [0.29, 0.717) is 19.3 Å². The second kappa shape index (κ2) is 9.09. The van der Waals surface area contributed by atoms with Gasteiger partial charge in [0.05, 0.1) is 6.10 Å². The number of esters is 1. The van der Waals surface area contributed by atoms with E-state index < -0.39 is 67.2 Å². The van der Waals surface area contributed by atoms with Crippen molar-refractivity contribution in [3.63, 3.8) is 0 Å². The van der Waals surface area contributed by atoms with E-state index in [0.717, 1.165) is 23.8 Å². The van der Waals surface area contributed by atoms with Gasteiger partial charge in [-0.3, -0.25) is 14.1 Å². The maximum Gasteiger partial charge on any atom is 0.342 e. The van der Waals surface area contributed by atoms with E-state index in [4.69, 9.17) is 4.74 Å². The highest BCUT2D eigenvalue weighted by Gasteiger charge is 2.68. The predicted octanol–water partition coefficient (Wildman–Crippen LogP) is 2.37. The lowest BCUT2D eigenvalue weighted by Gasteiger charge is -2.59. The van der Waals surface area contributed by atoms with E-state index in [1.807, 2.05) is 13.0 Å². The lowest BCUT2D eigenvalue weighted by atomic mass is 9.46. The summed E-state index contributed by atoms with van der Waals surface area (Å²) in [4.78, 5) is 37.1. The Labute approximate surface area is 226 Å². The Kier molecular flexibility index (Phi) is 6.45. The number of carbonyl (C=O) groups is 3. The molecule has 4 N–H and O–H groups in total. The third-order valence-corrected chi connectivity index (χ3v) is 10.8. The van der Waals surface area contributed by atoms with Crippen LogP contribution in [-0.2, 0) is 24.4 Å². The third kappa shape index (κ3) is 4.09. The number of carbonyl (C=O) groups excluding carboxylic acids is 3. The number of ether oxygens (including phenoxy) is 1. The number of hydrogen-bond acceptors (Lipinski definition) is 9. The number of aromatic hydroxyl groups is 1. The van der Waals surface area contributed by atoms with Crippen LogP contribution in [0.15, 0.2) is 46.9 Å². The van der Waals surface area contributed by atoms with E-state index in [2.05, 4.69) is 0 Å². The van der Waals surface area contributed by atoms with Gasteiger partial charge in [0, 0.05) is 16.7 Å². The number of aliphatic hydroxyl groups is 2. The Morgan fingerprint density at radius 1 is 1.18 bits per heavy atom. The molecule has 5 rings (SSSR count). The summed E-state index contributed by atoms with van der Waals surface area (Å²) in [6, 6.07) is 3.11. The van der Waals surface area contributed by atoms with Crippen LogP contribution in [-0.4, -0.2) is 64.1 Å². The summed E-state index contributed by atoms with van der Waals surface area (Å²) in [7, 11) is -4.81. The number of para-hydroxylation sites is 1. The van der Waals surface area contributed by atoms with Crippen molar-refractivity contribution in [3.8, 4) is 5.75 Å². The summed E-state index contributed by atoms with van der Waals surface area (Å²) in [6.45, 7) is 2.99. The summed E-state index contributed by atoms with van der Waals surface area (Å²) < 4.78 is 37.2. The van der Waals surface area contributed by atoms with Crippen molar-refractivity contribution in [3.05, 3.63) is 47.6 Å². The number of ketones is 2. The van der Waals surface area contributed by atoms with E-state index in [1.54, 1.807) is 19.1 Å². The molecule has 39 heavy (non-hydrogen) atoms. The van der Waals surface area contributed by atoms with Gasteiger partial charge in [-0.05, 0) is 68.2 Å². The Morgan fingerprint density at radius 2 is 1.90 bits per heavy atom. The Balaban J connectivity index is 1.36. The molecule has 1 aromatic carbocycles. The molecular weight excluding hydrogens is 528 g/mol. The molecule has 0 amide bonds. The average molecular weight is 561 g/mol. The molecule has 4 aliphatic rings. The maximum atomic E-state index is 13.4. The maximum absolute atomic E-state index is 13.4. The number of hydrogen-bond donors (Lipinski definition) is 4. The zero-order chi connectivity index (χ0) is 28.5. The van der Waals surface area contributed by atoms with E-state index in [-0.39, 0.29) is 36.4 Å². The van der Waals surface area contributed by atoms with Gasteiger partial charge in [0.1, 0.15) is 16.1 Å². The van der Waals surface area contributed by atoms with Gasteiger partial charge in [-0.2, -0.15) is 8.42 Å². The molecule has 3 saturated carbocycles. The number of phenolic OH excluding ortho intramolecular Hbond substituents is 1. The minimum absolute atomic E-state index is 0.00300. The molecule has 0 saturated heterocycles. The topological polar surface area (TPSA) is 175 Å².